The predicted octanol–water partition coefficient (Wildman–Crippen LogP) is 2.48. The third kappa shape index (κ3) is 5.41. The highest BCUT2D eigenvalue weighted by Crippen LogP contribution is 2.41. The van der Waals surface area contributed by atoms with Crippen LogP contribution in [0.25, 0.3) is 0 Å². The molecule has 1 aromatic carbocycles. The number of methoxy groups -OCH3 is 4. The van der Waals surface area contributed by atoms with Crippen molar-refractivity contribution in [1.29, 1.82) is 0 Å². The number of ether oxygens (including phenoxy) is 5. The van der Waals surface area contributed by atoms with Gasteiger partial charge in [0.15, 0.2) is 11.5 Å². The summed E-state index contributed by atoms with van der Waals surface area (Å²) in [7, 11) is 5.82. The second-order valence-electron chi connectivity index (χ2n) is 5.18. The summed E-state index contributed by atoms with van der Waals surface area (Å²) in [6.45, 7) is 3.06. The molecule has 0 spiro atoms. The molecule has 0 aromatic heterocycles. The van der Waals surface area contributed by atoms with E-state index >= 15 is 0 Å². The zero-order chi connectivity index (χ0) is 19.0. The lowest BCUT2D eigenvalue weighted by Gasteiger charge is -2.23. The van der Waals surface area contributed by atoms with Crippen LogP contribution in [0.1, 0.15) is 25.3 Å². The minimum atomic E-state index is -0.527. The number of carbonyl (C=O) groups is 2. The summed E-state index contributed by atoms with van der Waals surface area (Å²) < 4.78 is 25.9. The van der Waals surface area contributed by atoms with E-state index in [0.29, 0.717) is 17.2 Å². The summed E-state index contributed by atoms with van der Waals surface area (Å²) in [4.78, 5) is 22.8. The van der Waals surface area contributed by atoms with E-state index in [9.17, 15) is 9.59 Å². The molecule has 1 rings (SSSR count). The summed E-state index contributed by atoms with van der Waals surface area (Å²) in [5.74, 6) is 0.0249. The Bertz CT molecular complexity index is 611. The molecule has 0 saturated heterocycles. The molecular formula is C18H24O7. The fourth-order valence-electron chi connectivity index (χ4n) is 2.42. The molecule has 0 N–H and O–H groups in total. The molecule has 0 fully saturated rings. The van der Waals surface area contributed by atoms with E-state index in [1.807, 2.05) is 0 Å². The van der Waals surface area contributed by atoms with Gasteiger partial charge in [-0.1, -0.05) is 6.08 Å². The van der Waals surface area contributed by atoms with Crippen LogP contribution in [0.3, 0.4) is 0 Å². The number of esters is 2. The van der Waals surface area contributed by atoms with E-state index in [4.69, 9.17) is 18.9 Å². The molecule has 0 aliphatic rings. The van der Waals surface area contributed by atoms with Crippen LogP contribution < -0.4 is 14.2 Å². The fourth-order valence-corrected chi connectivity index (χ4v) is 2.42. The van der Waals surface area contributed by atoms with Crippen LogP contribution in [-0.4, -0.2) is 46.5 Å². The second-order valence-corrected chi connectivity index (χ2v) is 5.18. The quantitative estimate of drug-likeness (QED) is 0.525. The van der Waals surface area contributed by atoms with Crippen molar-refractivity contribution in [3.8, 4) is 17.2 Å². The molecule has 0 bridgehead atoms. The van der Waals surface area contributed by atoms with Crippen LogP contribution in [0.2, 0.25) is 0 Å². The normalized spacial score (nSPS) is 13.0. The standard InChI is InChI=1S/C18H24O7/c1-11(25-12(2)19)14(7-8-17(20)23-5)13-9-15(21-3)18(24-6)16(10-13)22-4/h7-11,14H,1-6H3/b8-7+/t11-,14+/m0/s1. The number of hydrogen-bond acceptors (Lipinski definition) is 7. The second kappa shape index (κ2) is 9.56. The van der Waals surface area contributed by atoms with Gasteiger partial charge in [0.2, 0.25) is 5.75 Å². The van der Waals surface area contributed by atoms with Crippen LogP contribution in [-0.2, 0) is 19.1 Å². The van der Waals surface area contributed by atoms with Crippen LogP contribution in [0.5, 0.6) is 17.2 Å². The van der Waals surface area contributed by atoms with Gasteiger partial charge in [-0.3, -0.25) is 4.79 Å². The molecule has 0 aliphatic heterocycles. The Balaban J connectivity index is 3.39. The van der Waals surface area contributed by atoms with E-state index in [2.05, 4.69) is 4.74 Å². The van der Waals surface area contributed by atoms with E-state index < -0.39 is 24.0 Å². The van der Waals surface area contributed by atoms with Crippen LogP contribution in [0.15, 0.2) is 24.3 Å². The summed E-state index contributed by atoms with van der Waals surface area (Å²) in [5.41, 5.74) is 0.725. The van der Waals surface area contributed by atoms with Gasteiger partial charge in [-0.25, -0.2) is 4.79 Å². The Morgan fingerprint density at radius 2 is 1.56 bits per heavy atom. The van der Waals surface area contributed by atoms with Crippen molar-refractivity contribution in [3.05, 3.63) is 29.8 Å². The smallest absolute Gasteiger partial charge is 0.330 e. The molecule has 0 amide bonds. The van der Waals surface area contributed by atoms with E-state index in [1.54, 1.807) is 25.1 Å². The molecular weight excluding hydrogens is 328 g/mol. The first-order valence-electron chi connectivity index (χ1n) is 7.61. The molecule has 138 valence electrons. The van der Waals surface area contributed by atoms with Crippen molar-refractivity contribution in [3.63, 3.8) is 0 Å². The number of rotatable bonds is 8. The van der Waals surface area contributed by atoms with Gasteiger partial charge < -0.3 is 23.7 Å². The number of hydrogen-bond donors (Lipinski definition) is 0. The number of carbonyl (C=O) groups excluding carboxylic acids is 2. The Labute approximate surface area is 147 Å². The lowest BCUT2D eigenvalue weighted by Crippen LogP contribution is -2.20. The highest BCUT2D eigenvalue weighted by atomic mass is 16.5. The molecule has 0 unspecified atom stereocenters. The van der Waals surface area contributed by atoms with Gasteiger partial charge in [-0.05, 0) is 24.6 Å². The molecule has 0 aliphatic carbocycles. The van der Waals surface area contributed by atoms with Crippen molar-refractivity contribution in [2.24, 2.45) is 0 Å². The monoisotopic (exact) mass is 352 g/mol. The van der Waals surface area contributed by atoms with Gasteiger partial charge in [0.25, 0.3) is 0 Å². The summed E-state index contributed by atoms with van der Waals surface area (Å²) in [6.07, 6.45) is 2.37. The van der Waals surface area contributed by atoms with Gasteiger partial charge in [0.1, 0.15) is 6.10 Å². The molecule has 1 aromatic rings. The minimum Gasteiger partial charge on any atom is -0.493 e. The summed E-state index contributed by atoms with van der Waals surface area (Å²) >= 11 is 0. The predicted molar refractivity (Wildman–Crippen MR) is 91.2 cm³/mol. The maximum atomic E-state index is 11.5. The molecule has 7 nitrogen and oxygen atoms in total. The molecule has 0 heterocycles. The van der Waals surface area contributed by atoms with E-state index in [1.165, 1.54) is 41.4 Å². The largest absolute Gasteiger partial charge is 0.493 e. The summed E-state index contributed by atoms with van der Waals surface area (Å²) in [6, 6.07) is 3.49. The first-order chi connectivity index (χ1) is 11.9. The highest BCUT2D eigenvalue weighted by molar-refractivity contribution is 5.82. The third-order valence-corrected chi connectivity index (χ3v) is 3.57. The Kier molecular flexibility index (Phi) is 7.78. The lowest BCUT2D eigenvalue weighted by molar-refractivity contribution is -0.145. The minimum absolute atomic E-state index is 0.420. The van der Waals surface area contributed by atoms with Gasteiger partial charge in [0.05, 0.1) is 28.4 Å². The maximum absolute atomic E-state index is 11.5. The average Bonchev–Trinajstić information content (AvgIpc) is 2.59. The van der Waals surface area contributed by atoms with Crippen molar-refractivity contribution in [2.45, 2.75) is 25.9 Å². The SMILES string of the molecule is COC(=O)/C=C/[C@@H](c1cc(OC)c(OC)c(OC)c1)[C@H](C)OC(C)=O. The number of benzene rings is 1. The molecule has 0 radical (unpaired) electrons. The topological polar surface area (TPSA) is 80.3 Å². The first kappa shape index (κ1) is 20.3. The highest BCUT2D eigenvalue weighted by Gasteiger charge is 2.24. The van der Waals surface area contributed by atoms with Gasteiger partial charge in [-0.2, -0.15) is 0 Å². The first-order valence-corrected chi connectivity index (χ1v) is 7.61. The zero-order valence-corrected chi connectivity index (χ0v) is 15.3. The Hall–Kier alpha value is -2.70. The Morgan fingerprint density at radius 1 is 1.00 bits per heavy atom. The molecule has 2 atom stereocenters. The van der Waals surface area contributed by atoms with Crippen LogP contribution in [0, 0.1) is 0 Å². The van der Waals surface area contributed by atoms with E-state index in [-0.39, 0.29) is 0 Å². The van der Waals surface area contributed by atoms with Crippen LogP contribution in [0.4, 0.5) is 0 Å². The van der Waals surface area contributed by atoms with E-state index in [0.717, 1.165) is 5.56 Å². The van der Waals surface area contributed by atoms with Crippen molar-refractivity contribution in [1.82, 2.24) is 0 Å². The van der Waals surface area contributed by atoms with Gasteiger partial charge in [0, 0.05) is 18.9 Å². The Morgan fingerprint density at radius 3 is 1.96 bits per heavy atom. The molecule has 25 heavy (non-hydrogen) atoms. The van der Waals surface area contributed by atoms with Crippen molar-refractivity contribution >= 4 is 11.9 Å². The van der Waals surface area contributed by atoms with Gasteiger partial charge in [-0.15, -0.1) is 0 Å². The maximum Gasteiger partial charge on any atom is 0.330 e. The van der Waals surface area contributed by atoms with Gasteiger partial charge >= 0.3 is 11.9 Å². The van der Waals surface area contributed by atoms with Crippen molar-refractivity contribution in [2.75, 3.05) is 28.4 Å². The molecule has 0 saturated carbocycles. The van der Waals surface area contributed by atoms with Crippen LogP contribution >= 0.6 is 0 Å². The lowest BCUT2D eigenvalue weighted by atomic mass is 9.92. The zero-order valence-electron chi connectivity index (χ0n) is 15.3. The average molecular weight is 352 g/mol. The molecule has 7 heteroatoms. The summed E-state index contributed by atoms with van der Waals surface area (Å²) in [5, 5.41) is 0. The van der Waals surface area contributed by atoms with Crippen molar-refractivity contribution < 1.29 is 33.3 Å². The fraction of sp³-hybridized carbons (Fsp3) is 0.444. The third-order valence-electron chi connectivity index (χ3n) is 3.57.